The second kappa shape index (κ2) is 11.5. The number of rotatable bonds is 9. The molecule has 1 fully saturated rings. The van der Waals surface area contributed by atoms with Crippen molar-refractivity contribution in [3.8, 4) is 17.0 Å². The van der Waals surface area contributed by atoms with E-state index in [0.29, 0.717) is 12.2 Å². The molecular weight excluding hydrogens is 462 g/mol. The van der Waals surface area contributed by atoms with Crippen LogP contribution < -0.4 is 15.4 Å². The molecule has 1 aromatic heterocycles. The summed E-state index contributed by atoms with van der Waals surface area (Å²) in [5.74, 6) is 0.726. The highest BCUT2D eigenvalue weighted by molar-refractivity contribution is 6.07. The number of amides is 1. The number of ether oxygens (including phenoxy) is 2. The highest BCUT2D eigenvalue weighted by Gasteiger charge is 2.35. The molecule has 1 aliphatic rings. The molecule has 5 rings (SSSR count). The van der Waals surface area contributed by atoms with Crippen LogP contribution in [0.3, 0.4) is 0 Å². The fourth-order valence-corrected chi connectivity index (χ4v) is 5.10. The number of methoxy groups -OCH3 is 1. The van der Waals surface area contributed by atoms with Crippen molar-refractivity contribution < 1.29 is 14.3 Å². The lowest BCUT2D eigenvalue weighted by Gasteiger charge is -2.19. The number of carbonyl (C=O) groups is 1. The van der Waals surface area contributed by atoms with Crippen LogP contribution in [-0.4, -0.2) is 42.8 Å². The summed E-state index contributed by atoms with van der Waals surface area (Å²) in [5.41, 5.74) is 4.35. The van der Waals surface area contributed by atoms with Crippen LogP contribution in [0, 0.1) is 0 Å². The maximum absolute atomic E-state index is 13.6. The number of nitrogens with one attached hydrogen (secondary N) is 2. The lowest BCUT2D eigenvalue weighted by Crippen LogP contribution is -2.37. The zero-order valence-corrected chi connectivity index (χ0v) is 21.3. The van der Waals surface area contributed by atoms with E-state index in [1.54, 1.807) is 7.11 Å². The van der Waals surface area contributed by atoms with E-state index in [1.165, 1.54) is 5.56 Å². The second-order valence-corrected chi connectivity index (χ2v) is 9.42. The first-order valence-corrected chi connectivity index (χ1v) is 12.9. The highest BCUT2D eigenvalue weighted by Crippen LogP contribution is 2.28. The monoisotopic (exact) mass is 495 g/mol. The van der Waals surface area contributed by atoms with Crippen LogP contribution in [0.4, 0.5) is 0 Å². The quantitative estimate of drug-likeness (QED) is 0.327. The number of aromatic nitrogens is 1. The number of carbonyl (C=O) groups excluding carboxylic acids is 1. The minimum atomic E-state index is -0.0886. The number of hydrogen-bond donors (Lipinski definition) is 2. The Morgan fingerprint density at radius 3 is 2.49 bits per heavy atom. The van der Waals surface area contributed by atoms with Gasteiger partial charge in [-0.1, -0.05) is 48.5 Å². The molecule has 1 saturated carbocycles. The average Bonchev–Trinajstić information content (AvgIpc) is 3.34. The molecule has 0 bridgehead atoms. The summed E-state index contributed by atoms with van der Waals surface area (Å²) in [4.78, 5) is 18.4. The third kappa shape index (κ3) is 5.82. The Hall–Kier alpha value is -3.74. The number of hydrogen-bond acceptors (Lipinski definition) is 5. The molecule has 3 aromatic carbocycles. The van der Waals surface area contributed by atoms with E-state index in [4.69, 9.17) is 14.5 Å². The van der Waals surface area contributed by atoms with E-state index in [9.17, 15) is 4.79 Å². The zero-order chi connectivity index (χ0) is 25.6. The summed E-state index contributed by atoms with van der Waals surface area (Å²) in [6.07, 6.45) is 1.62. The minimum Gasteiger partial charge on any atom is -0.494 e. The standard InChI is InChI=1S/C31H33N3O3/c1-3-37-24-15-13-22(14-16-24)28-19-26(25-11-7-8-12-27(25)34-28)31(35)33-23-17-29(30(18-23)36-2)32-20-21-9-5-4-6-10-21/h4-16,19,23,29-30,32H,3,17-18,20H2,1-2H3,(H,33,35)/t23-,29+,30-/m1/s1. The molecule has 1 aliphatic carbocycles. The van der Waals surface area contributed by atoms with Gasteiger partial charge < -0.3 is 20.1 Å². The molecule has 1 heterocycles. The summed E-state index contributed by atoms with van der Waals surface area (Å²) < 4.78 is 11.3. The van der Waals surface area contributed by atoms with Gasteiger partial charge in [-0.25, -0.2) is 4.98 Å². The first-order valence-electron chi connectivity index (χ1n) is 12.9. The molecule has 37 heavy (non-hydrogen) atoms. The third-order valence-corrected chi connectivity index (χ3v) is 6.98. The smallest absolute Gasteiger partial charge is 0.252 e. The molecule has 3 atom stereocenters. The van der Waals surface area contributed by atoms with Crippen LogP contribution in [0.2, 0.25) is 0 Å². The molecule has 0 saturated heterocycles. The molecule has 0 unspecified atom stereocenters. The normalized spacial score (nSPS) is 19.1. The van der Waals surface area contributed by atoms with Gasteiger partial charge in [0.1, 0.15) is 5.75 Å². The topological polar surface area (TPSA) is 72.5 Å². The van der Waals surface area contributed by atoms with Gasteiger partial charge >= 0.3 is 0 Å². The fraction of sp³-hybridized carbons (Fsp3) is 0.290. The van der Waals surface area contributed by atoms with Crippen LogP contribution in [0.15, 0.2) is 84.9 Å². The first-order chi connectivity index (χ1) is 18.1. The summed E-state index contributed by atoms with van der Waals surface area (Å²) in [7, 11) is 1.74. The maximum atomic E-state index is 13.6. The number of fused-ring (bicyclic) bond motifs is 1. The van der Waals surface area contributed by atoms with Crippen LogP contribution in [0.5, 0.6) is 5.75 Å². The zero-order valence-electron chi connectivity index (χ0n) is 21.3. The fourth-order valence-electron chi connectivity index (χ4n) is 5.10. The summed E-state index contributed by atoms with van der Waals surface area (Å²) in [5, 5.41) is 7.74. The molecule has 190 valence electrons. The Kier molecular flexibility index (Phi) is 7.78. The van der Waals surface area contributed by atoms with Crippen molar-refractivity contribution in [2.75, 3.05) is 13.7 Å². The molecule has 2 N–H and O–H groups in total. The molecule has 1 amide bonds. The summed E-state index contributed by atoms with van der Waals surface area (Å²) in [6, 6.07) is 28.0. The van der Waals surface area contributed by atoms with E-state index < -0.39 is 0 Å². The van der Waals surface area contributed by atoms with Gasteiger partial charge in [-0.05, 0) is 61.7 Å². The van der Waals surface area contributed by atoms with Gasteiger partial charge in [0.25, 0.3) is 5.91 Å². The number of para-hydroxylation sites is 1. The van der Waals surface area contributed by atoms with Gasteiger partial charge in [-0.3, -0.25) is 4.79 Å². The SMILES string of the molecule is CCOc1ccc(-c2cc(C(=O)N[C@@H]3C[C@H](NCc4ccccc4)[C@H](OC)C3)c3ccccc3n2)cc1. The van der Waals surface area contributed by atoms with E-state index in [2.05, 4.69) is 22.8 Å². The predicted molar refractivity (Wildman–Crippen MR) is 147 cm³/mol. The number of pyridine rings is 1. The highest BCUT2D eigenvalue weighted by atomic mass is 16.5. The lowest BCUT2D eigenvalue weighted by molar-refractivity contribution is 0.0820. The van der Waals surface area contributed by atoms with E-state index in [0.717, 1.165) is 47.3 Å². The second-order valence-electron chi connectivity index (χ2n) is 9.42. The van der Waals surface area contributed by atoms with Crippen molar-refractivity contribution in [3.63, 3.8) is 0 Å². The Morgan fingerprint density at radius 1 is 0.973 bits per heavy atom. The Labute approximate surface area is 218 Å². The number of benzene rings is 3. The van der Waals surface area contributed by atoms with E-state index >= 15 is 0 Å². The summed E-state index contributed by atoms with van der Waals surface area (Å²) in [6.45, 7) is 3.35. The van der Waals surface area contributed by atoms with Gasteiger partial charge in [0, 0.05) is 36.7 Å². The molecule has 6 nitrogen and oxygen atoms in total. The maximum Gasteiger partial charge on any atom is 0.252 e. The van der Waals surface area contributed by atoms with Crippen molar-refractivity contribution in [2.45, 2.75) is 44.5 Å². The molecule has 4 aromatic rings. The van der Waals surface area contributed by atoms with Gasteiger partial charge in [0.2, 0.25) is 0 Å². The van der Waals surface area contributed by atoms with Crippen LogP contribution in [-0.2, 0) is 11.3 Å². The molecule has 6 heteroatoms. The van der Waals surface area contributed by atoms with Gasteiger partial charge in [0.15, 0.2) is 0 Å². The minimum absolute atomic E-state index is 0.0200. The largest absolute Gasteiger partial charge is 0.494 e. The van der Waals surface area contributed by atoms with Crippen molar-refractivity contribution in [3.05, 3.63) is 96.1 Å². The summed E-state index contributed by atoms with van der Waals surface area (Å²) >= 11 is 0. The van der Waals surface area contributed by atoms with Gasteiger partial charge in [-0.2, -0.15) is 0 Å². The Morgan fingerprint density at radius 2 is 1.73 bits per heavy atom. The van der Waals surface area contributed by atoms with Crippen molar-refractivity contribution in [1.82, 2.24) is 15.6 Å². The molecule has 0 aliphatic heterocycles. The predicted octanol–water partition coefficient (Wildman–Crippen LogP) is 5.37. The van der Waals surface area contributed by atoms with Crippen LogP contribution in [0.25, 0.3) is 22.2 Å². The van der Waals surface area contributed by atoms with Crippen LogP contribution >= 0.6 is 0 Å². The Bertz CT molecular complexity index is 1340. The van der Waals surface area contributed by atoms with E-state index in [-0.39, 0.29) is 24.1 Å². The number of nitrogens with zero attached hydrogens (tertiary/aromatic N) is 1. The molecular formula is C31H33N3O3. The van der Waals surface area contributed by atoms with Gasteiger partial charge in [0.05, 0.1) is 29.5 Å². The average molecular weight is 496 g/mol. The van der Waals surface area contributed by atoms with Crippen molar-refractivity contribution in [2.24, 2.45) is 0 Å². The van der Waals surface area contributed by atoms with Crippen molar-refractivity contribution in [1.29, 1.82) is 0 Å². The third-order valence-electron chi connectivity index (χ3n) is 6.98. The van der Waals surface area contributed by atoms with Crippen molar-refractivity contribution >= 4 is 16.8 Å². The van der Waals surface area contributed by atoms with Crippen LogP contribution in [0.1, 0.15) is 35.7 Å². The Balaban J connectivity index is 1.34. The van der Waals surface area contributed by atoms with E-state index in [1.807, 2.05) is 79.7 Å². The molecule has 0 radical (unpaired) electrons. The van der Waals surface area contributed by atoms with Gasteiger partial charge in [-0.15, -0.1) is 0 Å². The lowest BCUT2D eigenvalue weighted by atomic mass is 10.0. The first kappa shape index (κ1) is 24.9. The molecule has 0 spiro atoms.